The van der Waals surface area contributed by atoms with Crippen LogP contribution < -0.4 is 10.1 Å². The Morgan fingerprint density at radius 1 is 1.29 bits per heavy atom. The lowest BCUT2D eigenvalue weighted by Crippen LogP contribution is -2.23. The van der Waals surface area contributed by atoms with Crippen molar-refractivity contribution < 1.29 is 9.53 Å². The lowest BCUT2D eigenvalue weighted by Gasteiger charge is -2.11. The van der Waals surface area contributed by atoms with Crippen molar-refractivity contribution in [2.24, 2.45) is 0 Å². The van der Waals surface area contributed by atoms with Crippen LogP contribution in [0.4, 0.5) is 0 Å². The first-order valence-corrected chi connectivity index (χ1v) is 5.70. The molecule has 1 rings (SSSR count). The number of rotatable bonds is 6. The predicted octanol–water partition coefficient (Wildman–Crippen LogP) is 1.26. The molecule has 94 valence electrons. The van der Waals surface area contributed by atoms with Gasteiger partial charge >= 0.3 is 0 Å². The van der Waals surface area contributed by atoms with Crippen molar-refractivity contribution in [3.05, 3.63) is 29.8 Å². The van der Waals surface area contributed by atoms with Crippen LogP contribution in [-0.4, -0.2) is 38.6 Å². The van der Waals surface area contributed by atoms with Crippen LogP contribution >= 0.6 is 0 Å². The molecule has 0 saturated carbocycles. The summed E-state index contributed by atoms with van der Waals surface area (Å²) in [6.45, 7) is 1.27. The third-order valence-electron chi connectivity index (χ3n) is 2.39. The van der Waals surface area contributed by atoms with Gasteiger partial charge in [0.1, 0.15) is 5.75 Å². The molecule has 1 aromatic rings. The van der Waals surface area contributed by atoms with Crippen LogP contribution in [0.2, 0.25) is 0 Å². The Hall–Kier alpha value is -1.55. The number of carbonyl (C=O) groups excluding carboxylic acids is 1. The maximum atomic E-state index is 11.3. The molecule has 0 spiro atoms. The summed E-state index contributed by atoms with van der Waals surface area (Å²) in [6.07, 6.45) is 0.408. The van der Waals surface area contributed by atoms with Crippen LogP contribution in [0.25, 0.3) is 0 Å². The second kappa shape index (κ2) is 6.91. The normalized spacial score (nSPS) is 10.1. The quantitative estimate of drug-likeness (QED) is 0.808. The highest BCUT2D eigenvalue weighted by Crippen LogP contribution is 2.12. The zero-order valence-electron chi connectivity index (χ0n) is 10.7. The van der Waals surface area contributed by atoms with Crippen molar-refractivity contribution in [1.82, 2.24) is 10.2 Å². The first-order valence-electron chi connectivity index (χ1n) is 5.70. The van der Waals surface area contributed by atoms with Gasteiger partial charge in [0, 0.05) is 20.6 Å². The van der Waals surface area contributed by atoms with Gasteiger partial charge in [0.05, 0.1) is 13.0 Å². The zero-order valence-corrected chi connectivity index (χ0v) is 10.7. The smallest absolute Gasteiger partial charge is 0.225 e. The van der Waals surface area contributed by atoms with E-state index in [2.05, 4.69) is 5.32 Å². The first kappa shape index (κ1) is 13.5. The summed E-state index contributed by atoms with van der Waals surface area (Å²) in [5.41, 5.74) is 1.21. The number of nitrogens with zero attached hydrogens (tertiary/aromatic N) is 1. The lowest BCUT2D eigenvalue weighted by molar-refractivity contribution is -0.129. The molecule has 0 fully saturated rings. The topological polar surface area (TPSA) is 41.6 Å². The number of nitrogens with one attached hydrogen (secondary N) is 1. The molecule has 0 aliphatic rings. The molecule has 17 heavy (non-hydrogen) atoms. The number of hydrogen-bond acceptors (Lipinski definition) is 3. The largest absolute Gasteiger partial charge is 0.493 e. The summed E-state index contributed by atoms with van der Waals surface area (Å²) in [7, 11) is 5.40. The second-order valence-electron chi connectivity index (χ2n) is 4.06. The van der Waals surface area contributed by atoms with E-state index in [-0.39, 0.29) is 5.91 Å². The highest BCUT2D eigenvalue weighted by molar-refractivity contribution is 5.75. The molecule has 0 atom stereocenters. The molecule has 4 nitrogen and oxygen atoms in total. The van der Waals surface area contributed by atoms with Crippen LogP contribution in [0, 0.1) is 0 Å². The third-order valence-corrected chi connectivity index (χ3v) is 2.39. The monoisotopic (exact) mass is 236 g/mol. The van der Waals surface area contributed by atoms with Crippen LogP contribution in [-0.2, 0) is 11.3 Å². The fourth-order valence-corrected chi connectivity index (χ4v) is 1.39. The van der Waals surface area contributed by atoms with Gasteiger partial charge in [-0.2, -0.15) is 0 Å². The molecule has 0 aromatic heterocycles. The van der Waals surface area contributed by atoms with Gasteiger partial charge in [-0.1, -0.05) is 12.1 Å². The molecule has 4 heteroatoms. The number of carbonyl (C=O) groups is 1. The second-order valence-corrected chi connectivity index (χ2v) is 4.06. The Kier molecular flexibility index (Phi) is 5.49. The Balaban J connectivity index is 2.34. The van der Waals surface area contributed by atoms with E-state index in [9.17, 15) is 4.79 Å². The van der Waals surface area contributed by atoms with Crippen molar-refractivity contribution in [2.75, 3.05) is 27.7 Å². The maximum absolute atomic E-state index is 11.3. The Morgan fingerprint density at radius 2 is 1.94 bits per heavy atom. The number of hydrogen-bond donors (Lipinski definition) is 1. The van der Waals surface area contributed by atoms with E-state index < -0.39 is 0 Å². The van der Waals surface area contributed by atoms with Gasteiger partial charge < -0.3 is 15.0 Å². The van der Waals surface area contributed by atoms with Gasteiger partial charge in [-0.25, -0.2) is 0 Å². The molecule has 0 heterocycles. The van der Waals surface area contributed by atoms with Gasteiger partial charge in [-0.15, -0.1) is 0 Å². The van der Waals surface area contributed by atoms with Gasteiger partial charge in [-0.3, -0.25) is 4.79 Å². The Labute approximate surface area is 103 Å². The molecule has 1 amide bonds. The van der Waals surface area contributed by atoms with Crippen LogP contribution in [0.1, 0.15) is 12.0 Å². The van der Waals surface area contributed by atoms with Crippen molar-refractivity contribution in [1.29, 1.82) is 0 Å². The molecule has 1 aromatic carbocycles. The summed E-state index contributed by atoms with van der Waals surface area (Å²) < 4.78 is 5.49. The Morgan fingerprint density at radius 3 is 2.47 bits per heavy atom. The number of ether oxygens (including phenoxy) is 1. The fourth-order valence-electron chi connectivity index (χ4n) is 1.39. The van der Waals surface area contributed by atoms with E-state index in [0.29, 0.717) is 13.0 Å². The third kappa shape index (κ3) is 4.87. The van der Waals surface area contributed by atoms with Crippen LogP contribution in [0.3, 0.4) is 0 Å². The standard InChI is InChI=1S/C13H20N2O2/c1-14-10-11-4-6-12(7-5-11)17-9-8-13(16)15(2)3/h4-7,14H,8-10H2,1-3H3. The van der Waals surface area contributed by atoms with Crippen LogP contribution in [0.5, 0.6) is 5.75 Å². The average molecular weight is 236 g/mol. The molecular weight excluding hydrogens is 216 g/mol. The van der Waals surface area contributed by atoms with Gasteiger partial charge in [0.15, 0.2) is 0 Å². The highest BCUT2D eigenvalue weighted by Gasteiger charge is 2.03. The summed E-state index contributed by atoms with van der Waals surface area (Å²) in [4.78, 5) is 12.9. The molecule has 0 radical (unpaired) electrons. The Bertz CT molecular complexity index is 347. The van der Waals surface area contributed by atoms with E-state index in [4.69, 9.17) is 4.74 Å². The summed E-state index contributed by atoms with van der Waals surface area (Å²) in [5.74, 6) is 0.883. The van der Waals surface area contributed by atoms with E-state index in [1.165, 1.54) is 5.56 Å². The molecule has 0 unspecified atom stereocenters. The summed E-state index contributed by atoms with van der Waals surface area (Å²) in [6, 6.07) is 7.87. The minimum atomic E-state index is 0.0804. The van der Waals surface area contributed by atoms with E-state index in [1.807, 2.05) is 31.3 Å². The van der Waals surface area contributed by atoms with E-state index >= 15 is 0 Å². The number of amides is 1. The molecule has 0 aliphatic heterocycles. The molecule has 1 N–H and O–H groups in total. The predicted molar refractivity (Wildman–Crippen MR) is 68.0 cm³/mol. The molecule has 0 bridgehead atoms. The first-order chi connectivity index (χ1) is 8.13. The van der Waals surface area contributed by atoms with Gasteiger partial charge in [-0.05, 0) is 24.7 Å². The van der Waals surface area contributed by atoms with Crippen molar-refractivity contribution in [3.8, 4) is 5.75 Å². The lowest BCUT2D eigenvalue weighted by atomic mass is 10.2. The van der Waals surface area contributed by atoms with Crippen molar-refractivity contribution in [2.45, 2.75) is 13.0 Å². The SMILES string of the molecule is CNCc1ccc(OCCC(=O)N(C)C)cc1. The molecular formula is C13H20N2O2. The van der Waals surface area contributed by atoms with E-state index in [0.717, 1.165) is 12.3 Å². The highest BCUT2D eigenvalue weighted by atomic mass is 16.5. The van der Waals surface area contributed by atoms with Gasteiger partial charge in [0.2, 0.25) is 5.91 Å². The summed E-state index contributed by atoms with van der Waals surface area (Å²) >= 11 is 0. The van der Waals surface area contributed by atoms with Crippen LogP contribution in [0.15, 0.2) is 24.3 Å². The van der Waals surface area contributed by atoms with E-state index in [1.54, 1.807) is 19.0 Å². The van der Waals surface area contributed by atoms with Gasteiger partial charge in [0.25, 0.3) is 0 Å². The minimum absolute atomic E-state index is 0.0804. The maximum Gasteiger partial charge on any atom is 0.225 e. The minimum Gasteiger partial charge on any atom is -0.493 e. The van der Waals surface area contributed by atoms with Crippen molar-refractivity contribution >= 4 is 5.91 Å². The zero-order chi connectivity index (χ0) is 12.7. The van der Waals surface area contributed by atoms with Crippen molar-refractivity contribution in [3.63, 3.8) is 0 Å². The number of benzene rings is 1. The average Bonchev–Trinajstić information content (AvgIpc) is 2.31. The molecule has 0 saturated heterocycles. The summed E-state index contributed by atoms with van der Waals surface area (Å²) in [5, 5.41) is 3.08. The molecule has 0 aliphatic carbocycles. The fraction of sp³-hybridized carbons (Fsp3) is 0.462.